The van der Waals surface area contributed by atoms with E-state index in [9.17, 15) is 0 Å². The van der Waals surface area contributed by atoms with E-state index in [2.05, 4.69) is 486 Å². The molecule has 0 unspecified atom stereocenters. The van der Waals surface area contributed by atoms with E-state index in [1.165, 1.54) is 188 Å². The largest absolute Gasteiger partial charge is 0.340 e. The first-order valence-electron chi connectivity index (χ1n) is 45.8. The van der Waals surface area contributed by atoms with Crippen LogP contribution in [0.2, 0.25) is 0 Å². The second-order valence-electron chi connectivity index (χ2n) is 41.0. The molecule has 0 fully saturated rings. The van der Waals surface area contributed by atoms with Gasteiger partial charge in [-0.2, -0.15) is 0 Å². The molecule has 0 amide bonds. The van der Waals surface area contributed by atoms with E-state index in [4.69, 9.17) is 0 Å². The highest BCUT2D eigenvalue weighted by Gasteiger charge is 2.44. The molecular formula is C121H114BN5. The molecule has 0 saturated carbocycles. The van der Waals surface area contributed by atoms with Gasteiger partial charge in [0.2, 0.25) is 0 Å². The summed E-state index contributed by atoms with van der Waals surface area (Å²) in [4.78, 5) is 7.96. The van der Waals surface area contributed by atoms with Crippen LogP contribution < -0.4 is 31.1 Å². The fraction of sp³-hybridized carbons (Fsp3) is 0.207. The van der Waals surface area contributed by atoms with Gasteiger partial charge >= 0.3 is 0 Å². The zero-order valence-electron chi connectivity index (χ0n) is 76.4. The highest BCUT2D eigenvalue weighted by Crippen LogP contribution is 2.49. The molecule has 2 aromatic heterocycles. The van der Waals surface area contributed by atoms with Gasteiger partial charge in [-0.25, -0.2) is 0 Å². The lowest BCUT2D eigenvalue weighted by atomic mass is 9.33. The van der Waals surface area contributed by atoms with Crippen molar-refractivity contribution >= 4 is 107 Å². The second kappa shape index (κ2) is 31.9. The number of aromatic nitrogens is 2. The van der Waals surface area contributed by atoms with Gasteiger partial charge in [0.25, 0.3) is 6.71 Å². The van der Waals surface area contributed by atoms with E-state index in [-0.39, 0.29) is 33.8 Å². The standard InChI is InChI=1S/C121H114BN5/c1-117(2,3)91-52-57-110-102(72-91)103-73-92(118(4,5)6)53-58-111(103)124(110)77-81-50-55-106-112(66-81)126(79-105-100(85-40-26-18-27-41-85)74-95(121(13,14)15)75-101(105)86-42-28-19-29-43-86)115-65-80(60-61-123-108-49-35-34-48-99(108)104-76-98(54-59-109(104)123)127(96-44-30-20-31-45-96)97-46-32-21-33-47-97)64-114-116(115)122(106)107-56-51-87(90-68-93(119(7,8)9)71-94(69-90)120(10,11)12)70-113(107)125(114)78-82-62-88(83-36-22-16-23-37-83)67-89(63-82)84-38-24-17-25-39-84/h16-59,62-76H,60-61,77-79H2,1-15H3. The van der Waals surface area contributed by atoms with Crippen LogP contribution >= 0.6 is 0 Å². The molecule has 0 atom stereocenters. The summed E-state index contributed by atoms with van der Waals surface area (Å²) in [5.74, 6) is 0. The van der Waals surface area contributed by atoms with Crippen molar-refractivity contribution in [3.63, 3.8) is 0 Å². The van der Waals surface area contributed by atoms with Crippen molar-refractivity contribution in [3.8, 4) is 55.6 Å². The first-order valence-corrected chi connectivity index (χ1v) is 45.8. The summed E-state index contributed by atoms with van der Waals surface area (Å²) < 4.78 is 5.24. The zero-order valence-corrected chi connectivity index (χ0v) is 76.4. The Morgan fingerprint density at radius 3 is 1.17 bits per heavy atom. The zero-order chi connectivity index (χ0) is 87.6. The molecule has 16 aromatic carbocycles. The van der Waals surface area contributed by atoms with Crippen molar-refractivity contribution in [3.05, 3.63) is 408 Å². The average molecular weight is 1650 g/mol. The Morgan fingerprint density at radius 2 is 0.654 bits per heavy atom. The average Bonchev–Trinajstić information content (AvgIpc) is 1.31. The van der Waals surface area contributed by atoms with E-state index in [1.54, 1.807) is 0 Å². The normalized spacial score (nSPS) is 13.0. The van der Waals surface area contributed by atoms with Crippen LogP contribution in [0.1, 0.15) is 154 Å². The summed E-state index contributed by atoms with van der Waals surface area (Å²) in [6.07, 6.45) is 0.741. The number of nitrogens with zero attached hydrogens (tertiary/aromatic N) is 5. The number of fused-ring (bicyclic) bond motifs is 10. The number of hydrogen-bond donors (Lipinski definition) is 0. The molecule has 20 rings (SSSR count). The Kier molecular flexibility index (Phi) is 20.6. The summed E-state index contributed by atoms with van der Waals surface area (Å²) in [5.41, 5.74) is 40.4. The Balaban J connectivity index is 0.864. The molecule has 0 N–H and O–H groups in total. The second-order valence-corrected chi connectivity index (χ2v) is 41.0. The maximum atomic E-state index is 2.81. The minimum Gasteiger partial charge on any atom is -0.340 e. The van der Waals surface area contributed by atoms with Crippen LogP contribution in [0.25, 0.3) is 99.2 Å². The number of para-hydroxylation sites is 3. The molecule has 0 saturated heterocycles. The van der Waals surface area contributed by atoms with Crippen LogP contribution in [0.4, 0.5) is 39.8 Å². The van der Waals surface area contributed by atoms with Crippen LogP contribution in [0.3, 0.4) is 0 Å². The lowest BCUT2D eigenvalue weighted by Gasteiger charge is -2.45. The molecule has 0 bridgehead atoms. The van der Waals surface area contributed by atoms with E-state index in [0.717, 1.165) is 30.0 Å². The van der Waals surface area contributed by atoms with Crippen molar-refractivity contribution in [2.24, 2.45) is 0 Å². The van der Waals surface area contributed by atoms with Crippen LogP contribution in [-0.4, -0.2) is 15.8 Å². The van der Waals surface area contributed by atoms with Gasteiger partial charge in [0.15, 0.2) is 0 Å². The Bertz CT molecular complexity index is 6960. The molecular weight excluding hydrogens is 1530 g/mol. The highest BCUT2D eigenvalue weighted by molar-refractivity contribution is 7.00. The number of hydrogen-bond acceptors (Lipinski definition) is 3. The number of anilines is 7. The third-order valence-corrected chi connectivity index (χ3v) is 27.1. The van der Waals surface area contributed by atoms with Crippen molar-refractivity contribution < 1.29 is 0 Å². The van der Waals surface area contributed by atoms with Crippen LogP contribution in [0.15, 0.2) is 358 Å². The smallest absolute Gasteiger partial charge is 0.252 e. The lowest BCUT2D eigenvalue weighted by molar-refractivity contribution is 0.569. The quantitative estimate of drug-likeness (QED) is 0.0847. The molecule has 0 aliphatic carbocycles. The van der Waals surface area contributed by atoms with Gasteiger partial charge in [-0.15, -0.1) is 0 Å². The van der Waals surface area contributed by atoms with Gasteiger partial charge in [0, 0.05) is 110 Å². The van der Waals surface area contributed by atoms with Crippen molar-refractivity contribution in [2.75, 3.05) is 14.7 Å². The van der Waals surface area contributed by atoms with Crippen LogP contribution in [-0.2, 0) is 59.7 Å². The minimum absolute atomic E-state index is 0.0385. The highest BCUT2D eigenvalue weighted by atomic mass is 15.2. The Labute approximate surface area is 752 Å². The van der Waals surface area contributed by atoms with E-state index in [0.29, 0.717) is 19.6 Å². The summed E-state index contributed by atoms with van der Waals surface area (Å²) in [6.45, 7) is 37.8. The third-order valence-electron chi connectivity index (χ3n) is 27.1. The minimum atomic E-state index is -0.176. The van der Waals surface area contributed by atoms with Crippen LogP contribution in [0, 0.1) is 0 Å². The maximum absolute atomic E-state index is 2.81. The van der Waals surface area contributed by atoms with Crippen LogP contribution in [0.5, 0.6) is 0 Å². The monoisotopic (exact) mass is 1650 g/mol. The van der Waals surface area contributed by atoms with Crippen molar-refractivity contribution in [2.45, 2.75) is 164 Å². The summed E-state index contributed by atoms with van der Waals surface area (Å²) in [7, 11) is 0. The summed E-state index contributed by atoms with van der Waals surface area (Å²) in [6, 6.07) is 138. The molecule has 0 radical (unpaired) electrons. The topological polar surface area (TPSA) is 19.6 Å². The SMILES string of the molecule is CC(C)(C)c1cc(-c2ccc3c(c2)N(Cc2cc(-c4ccccc4)cc(-c4ccccc4)c2)c2cc(CCn4c5ccccc5c5cc(N(c6ccccc6)c6ccccc6)ccc54)cc4c2B3c2ccc(Cn3c5ccc(C(C)(C)C)cc5c5cc(C(C)(C)C)ccc53)cc2N4Cc2c(-c3ccccc3)cc(C(C)(C)C)cc2-c2ccccc2)cc(C(C)(C)C)c1. The van der Waals surface area contributed by atoms with E-state index in [1.807, 2.05) is 0 Å². The van der Waals surface area contributed by atoms with Gasteiger partial charge in [0.05, 0.1) is 0 Å². The molecule has 6 heteroatoms. The van der Waals surface area contributed by atoms with E-state index >= 15 is 0 Å². The fourth-order valence-corrected chi connectivity index (χ4v) is 20.1. The molecule has 2 aliphatic heterocycles. The summed E-state index contributed by atoms with van der Waals surface area (Å²) >= 11 is 0. The summed E-state index contributed by atoms with van der Waals surface area (Å²) in [5, 5.41) is 5.07. The predicted molar refractivity (Wildman–Crippen MR) is 546 cm³/mol. The van der Waals surface area contributed by atoms with Gasteiger partial charge in [-0.3, -0.25) is 0 Å². The molecule has 5 nitrogen and oxygen atoms in total. The van der Waals surface area contributed by atoms with Gasteiger partial charge in [-0.1, -0.05) is 347 Å². The molecule has 127 heavy (non-hydrogen) atoms. The number of rotatable bonds is 17. The van der Waals surface area contributed by atoms with Gasteiger partial charge in [-0.05, 0) is 271 Å². The maximum Gasteiger partial charge on any atom is 0.252 e. The molecule has 2 aliphatic rings. The molecule has 626 valence electrons. The predicted octanol–water partition coefficient (Wildman–Crippen LogP) is 30.3. The first kappa shape index (κ1) is 81.9. The molecule has 18 aromatic rings. The van der Waals surface area contributed by atoms with E-state index < -0.39 is 0 Å². The van der Waals surface area contributed by atoms with Crippen molar-refractivity contribution in [1.82, 2.24) is 9.13 Å². The Hall–Kier alpha value is -13.4. The fourth-order valence-electron chi connectivity index (χ4n) is 20.1. The van der Waals surface area contributed by atoms with Gasteiger partial charge in [0.1, 0.15) is 0 Å². The number of aryl methyl sites for hydroxylation is 2. The lowest BCUT2D eigenvalue weighted by Crippen LogP contribution is -2.62. The van der Waals surface area contributed by atoms with Gasteiger partial charge < -0.3 is 23.8 Å². The molecule has 0 spiro atoms. The molecule has 4 heterocycles. The van der Waals surface area contributed by atoms with Crippen molar-refractivity contribution in [1.29, 1.82) is 0 Å². The first-order chi connectivity index (χ1) is 61.1. The Morgan fingerprint density at radius 1 is 0.244 bits per heavy atom. The third kappa shape index (κ3) is 15.5. The number of benzene rings is 16.